The van der Waals surface area contributed by atoms with Gasteiger partial charge in [0, 0.05) is 12.6 Å². The number of carbonyl (C=O) groups excluding carboxylic acids is 1. The first-order valence-electron chi connectivity index (χ1n) is 8.12. The van der Waals surface area contributed by atoms with Gasteiger partial charge in [-0.25, -0.2) is 0 Å². The van der Waals surface area contributed by atoms with E-state index in [0.717, 1.165) is 11.1 Å². The molecule has 0 unspecified atom stereocenters. The summed E-state index contributed by atoms with van der Waals surface area (Å²) in [6.45, 7) is 1.87. The number of amides is 1. The zero-order valence-corrected chi connectivity index (χ0v) is 14.6. The maximum Gasteiger partial charge on any atom is 0.239 e. The first kappa shape index (κ1) is 17.3. The molecule has 3 rings (SSSR count). The van der Waals surface area contributed by atoms with Crippen molar-refractivity contribution in [3.05, 3.63) is 70.8 Å². The van der Waals surface area contributed by atoms with Crippen LogP contribution in [0.5, 0.6) is 0 Å². The molecule has 0 saturated carbocycles. The van der Waals surface area contributed by atoms with Gasteiger partial charge in [0.2, 0.25) is 5.91 Å². The van der Waals surface area contributed by atoms with Crippen LogP contribution in [0.25, 0.3) is 0 Å². The molecule has 0 radical (unpaired) electrons. The number of nitriles is 1. The van der Waals surface area contributed by atoms with E-state index in [1.165, 1.54) is 4.90 Å². The average molecular weight is 342 g/mol. The summed E-state index contributed by atoms with van der Waals surface area (Å²) in [5.41, 5.74) is 1.83. The van der Waals surface area contributed by atoms with Crippen LogP contribution in [-0.2, 0) is 10.3 Å². The van der Waals surface area contributed by atoms with Crippen molar-refractivity contribution in [3.8, 4) is 18.4 Å². The molecule has 1 amide bonds. The maximum atomic E-state index is 13.1. The lowest BCUT2D eigenvalue weighted by Crippen LogP contribution is -2.62. The molecule has 1 aliphatic heterocycles. The van der Waals surface area contributed by atoms with E-state index in [1.54, 1.807) is 25.2 Å². The molecule has 2 atom stereocenters. The van der Waals surface area contributed by atoms with Gasteiger partial charge >= 0.3 is 0 Å². The largest absolute Gasteiger partial charge is 0.346 e. The Morgan fingerprint density at radius 3 is 2.62 bits per heavy atom. The topological polar surface area (TPSA) is 80.0 Å². The Kier molecular flexibility index (Phi) is 4.24. The van der Waals surface area contributed by atoms with Crippen molar-refractivity contribution in [2.75, 3.05) is 7.05 Å². The second-order valence-electron chi connectivity index (χ2n) is 6.47. The van der Waals surface area contributed by atoms with Crippen LogP contribution in [-0.4, -0.2) is 23.8 Å². The summed E-state index contributed by atoms with van der Waals surface area (Å²) in [6.07, 6.45) is 5.52. The van der Waals surface area contributed by atoms with E-state index in [9.17, 15) is 10.1 Å². The molecule has 0 bridgehead atoms. The minimum absolute atomic E-state index is 0.0178. The highest BCUT2D eigenvalue weighted by Crippen LogP contribution is 2.41. The lowest BCUT2D eigenvalue weighted by molar-refractivity contribution is -0.131. The summed E-state index contributed by atoms with van der Waals surface area (Å²) < 4.78 is 0. The molecule has 0 aromatic heterocycles. The van der Waals surface area contributed by atoms with E-state index < -0.39 is 11.5 Å². The third-order valence-electron chi connectivity index (χ3n) is 4.85. The summed E-state index contributed by atoms with van der Waals surface area (Å²) in [5, 5.41) is 20.5. The summed E-state index contributed by atoms with van der Waals surface area (Å²) in [7, 11) is 1.57. The zero-order chi connectivity index (χ0) is 18.9. The van der Waals surface area contributed by atoms with E-state index in [4.69, 9.17) is 11.8 Å². The first-order valence-corrected chi connectivity index (χ1v) is 8.12. The average Bonchev–Trinajstić information content (AvgIpc) is 2.66. The monoisotopic (exact) mass is 342 g/mol. The van der Waals surface area contributed by atoms with Crippen LogP contribution in [0.1, 0.15) is 35.1 Å². The molecule has 1 fully saturated rings. The van der Waals surface area contributed by atoms with Crippen LogP contribution in [0, 0.1) is 29.1 Å². The molecule has 2 aromatic carbocycles. The van der Waals surface area contributed by atoms with E-state index in [-0.39, 0.29) is 11.9 Å². The zero-order valence-electron chi connectivity index (χ0n) is 14.6. The van der Waals surface area contributed by atoms with Gasteiger partial charge in [-0.2, -0.15) is 5.26 Å². The fraction of sp³-hybridized carbons (Fsp3) is 0.190. The number of benzene rings is 2. The smallest absolute Gasteiger partial charge is 0.239 e. The lowest BCUT2D eigenvalue weighted by atomic mass is 9.73. The molecule has 1 heterocycles. The summed E-state index contributed by atoms with van der Waals surface area (Å²) in [6, 6.07) is 16.5. The fourth-order valence-corrected chi connectivity index (χ4v) is 3.39. The Balaban J connectivity index is 2.21. The van der Waals surface area contributed by atoms with Crippen molar-refractivity contribution in [1.82, 2.24) is 10.2 Å². The molecule has 0 aliphatic carbocycles. The van der Waals surface area contributed by atoms with Crippen LogP contribution < -0.4 is 5.32 Å². The molecule has 0 spiro atoms. The predicted octanol–water partition coefficient (Wildman–Crippen LogP) is 2.53. The fourth-order valence-electron chi connectivity index (χ4n) is 3.39. The number of carbonyl (C=O) groups is 1. The molecule has 1 saturated heterocycles. The van der Waals surface area contributed by atoms with Crippen molar-refractivity contribution in [3.63, 3.8) is 0 Å². The highest BCUT2D eigenvalue weighted by molar-refractivity contribution is 6.02. The van der Waals surface area contributed by atoms with Gasteiger partial charge in [-0.1, -0.05) is 30.2 Å². The maximum absolute atomic E-state index is 13.1. The SMILES string of the molecule is C#Cc1cccc([C@@H]2C(=O)N(C)C(=N)N[C@]2(C)c2cccc(C#N)c2)c1. The van der Waals surface area contributed by atoms with E-state index in [0.29, 0.717) is 11.1 Å². The van der Waals surface area contributed by atoms with Crippen LogP contribution >= 0.6 is 0 Å². The van der Waals surface area contributed by atoms with Crippen LogP contribution in [0.2, 0.25) is 0 Å². The molecule has 5 nitrogen and oxygen atoms in total. The van der Waals surface area contributed by atoms with Crippen LogP contribution in [0.4, 0.5) is 0 Å². The van der Waals surface area contributed by atoms with Crippen molar-refractivity contribution in [1.29, 1.82) is 10.7 Å². The predicted molar refractivity (Wildman–Crippen MR) is 99.3 cm³/mol. The number of hydrogen-bond acceptors (Lipinski definition) is 3. The van der Waals surface area contributed by atoms with Gasteiger partial charge in [-0.3, -0.25) is 15.1 Å². The number of nitrogens with zero attached hydrogens (tertiary/aromatic N) is 2. The first-order chi connectivity index (χ1) is 12.4. The second-order valence-corrected chi connectivity index (χ2v) is 6.47. The Hall–Kier alpha value is -3.57. The molecule has 128 valence electrons. The van der Waals surface area contributed by atoms with Crippen LogP contribution in [0.15, 0.2) is 48.5 Å². The molecule has 1 aliphatic rings. The molecular weight excluding hydrogens is 324 g/mol. The van der Waals surface area contributed by atoms with Crippen LogP contribution in [0.3, 0.4) is 0 Å². The number of hydrogen-bond donors (Lipinski definition) is 2. The molecule has 2 N–H and O–H groups in total. The quantitative estimate of drug-likeness (QED) is 0.823. The molecule has 2 aromatic rings. The molecular formula is C21H18N4O. The third-order valence-corrected chi connectivity index (χ3v) is 4.85. The number of terminal acetylenes is 1. The Bertz CT molecular complexity index is 982. The highest BCUT2D eigenvalue weighted by atomic mass is 16.2. The normalized spacial score (nSPS) is 22.3. The van der Waals surface area contributed by atoms with E-state index in [1.807, 2.05) is 37.3 Å². The standard InChI is InChI=1S/C21H18N4O/c1-4-14-7-5-9-16(11-14)18-19(26)25(3)20(23)24-21(18,2)17-10-6-8-15(12-17)13-22/h1,5-12,18H,2-3H3,(H2,23,24)/t18-,21-/m1/s1. The summed E-state index contributed by atoms with van der Waals surface area (Å²) in [4.78, 5) is 14.4. The van der Waals surface area contributed by atoms with Gasteiger partial charge in [0.1, 0.15) is 0 Å². The second kappa shape index (κ2) is 6.38. The van der Waals surface area contributed by atoms with Gasteiger partial charge < -0.3 is 5.32 Å². The van der Waals surface area contributed by atoms with Crippen molar-refractivity contribution in [2.45, 2.75) is 18.4 Å². The van der Waals surface area contributed by atoms with Gasteiger partial charge in [-0.15, -0.1) is 6.42 Å². The summed E-state index contributed by atoms with van der Waals surface area (Å²) in [5.74, 6) is 1.82. The Morgan fingerprint density at radius 1 is 1.23 bits per heavy atom. The lowest BCUT2D eigenvalue weighted by Gasteiger charge is -2.46. The van der Waals surface area contributed by atoms with Crippen molar-refractivity contribution in [2.24, 2.45) is 0 Å². The van der Waals surface area contributed by atoms with Gasteiger partial charge in [0.05, 0.1) is 23.1 Å². The molecule has 26 heavy (non-hydrogen) atoms. The number of rotatable bonds is 2. The Labute approximate surface area is 152 Å². The minimum Gasteiger partial charge on any atom is -0.346 e. The van der Waals surface area contributed by atoms with Crippen molar-refractivity contribution < 1.29 is 4.79 Å². The van der Waals surface area contributed by atoms with Gasteiger partial charge in [0.25, 0.3) is 0 Å². The Morgan fingerprint density at radius 2 is 1.92 bits per heavy atom. The minimum atomic E-state index is -0.888. The highest BCUT2D eigenvalue weighted by Gasteiger charge is 2.48. The van der Waals surface area contributed by atoms with Gasteiger partial charge in [0.15, 0.2) is 5.96 Å². The van der Waals surface area contributed by atoms with Crippen molar-refractivity contribution >= 4 is 11.9 Å². The van der Waals surface area contributed by atoms with E-state index in [2.05, 4.69) is 17.3 Å². The molecule has 5 heteroatoms. The number of likely N-dealkylation sites (N-methyl/N-ethyl adjacent to an activating group) is 1. The van der Waals surface area contributed by atoms with Gasteiger partial charge in [-0.05, 0) is 42.3 Å². The third kappa shape index (κ3) is 2.70. The summed E-state index contributed by atoms with van der Waals surface area (Å²) >= 11 is 0. The van der Waals surface area contributed by atoms with E-state index >= 15 is 0 Å². The number of nitrogens with one attached hydrogen (secondary N) is 2. The number of guanidine groups is 1.